The van der Waals surface area contributed by atoms with E-state index in [9.17, 15) is 9.59 Å². The molecule has 0 radical (unpaired) electrons. The molecule has 0 heterocycles. The predicted molar refractivity (Wildman–Crippen MR) is 98.5 cm³/mol. The van der Waals surface area contributed by atoms with Crippen LogP contribution >= 0.6 is 0 Å². The van der Waals surface area contributed by atoms with Crippen LogP contribution in [0.1, 0.15) is 36.7 Å². The predicted octanol–water partition coefficient (Wildman–Crippen LogP) is 1.40. The number of guanidine groups is 1. The van der Waals surface area contributed by atoms with Gasteiger partial charge in [0.05, 0.1) is 0 Å². The first-order valence-corrected chi connectivity index (χ1v) is 8.09. The third kappa shape index (κ3) is 7.69. The Morgan fingerprint density at radius 1 is 1.12 bits per heavy atom. The Kier molecular flexibility index (Phi) is 7.42. The molecule has 0 fully saturated rings. The van der Waals surface area contributed by atoms with Gasteiger partial charge in [-0.25, -0.2) is 0 Å². The average Bonchev–Trinajstić information content (AvgIpc) is 2.53. The number of carbonyl (C=O) groups is 2. The second-order valence-electron chi connectivity index (χ2n) is 6.76. The van der Waals surface area contributed by atoms with Crippen molar-refractivity contribution in [1.82, 2.24) is 15.5 Å². The van der Waals surface area contributed by atoms with E-state index in [0.717, 1.165) is 5.56 Å². The summed E-state index contributed by atoms with van der Waals surface area (Å²) in [5, 5.41) is 6.02. The van der Waals surface area contributed by atoms with E-state index in [1.54, 1.807) is 33.3 Å². The number of amides is 1. The fourth-order valence-corrected chi connectivity index (χ4v) is 1.96. The summed E-state index contributed by atoms with van der Waals surface area (Å²) in [6.07, 6.45) is 0. The molecule has 0 aliphatic rings. The highest BCUT2D eigenvalue weighted by Gasteiger charge is 2.16. The first-order valence-electron chi connectivity index (χ1n) is 8.09. The van der Waals surface area contributed by atoms with Gasteiger partial charge in [-0.2, -0.15) is 0 Å². The summed E-state index contributed by atoms with van der Waals surface area (Å²) in [4.78, 5) is 29.2. The normalized spacial score (nSPS) is 11.7. The maximum Gasteiger partial charge on any atom is 0.325 e. The molecule has 1 aromatic rings. The molecule has 0 unspecified atom stereocenters. The fourth-order valence-electron chi connectivity index (χ4n) is 1.96. The van der Waals surface area contributed by atoms with Crippen molar-refractivity contribution < 1.29 is 14.3 Å². The average molecular weight is 348 g/mol. The molecule has 138 valence electrons. The monoisotopic (exact) mass is 348 g/mol. The van der Waals surface area contributed by atoms with E-state index in [1.165, 1.54) is 4.90 Å². The molecule has 0 saturated carbocycles. The quantitative estimate of drug-likeness (QED) is 0.477. The molecular weight excluding hydrogens is 320 g/mol. The first-order chi connectivity index (χ1) is 11.6. The highest BCUT2D eigenvalue weighted by atomic mass is 16.6. The summed E-state index contributed by atoms with van der Waals surface area (Å²) in [7, 11) is 5.07. The molecule has 0 aliphatic carbocycles. The van der Waals surface area contributed by atoms with Gasteiger partial charge in [0.2, 0.25) is 0 Å². The first kappa shape index (κ1) is 20.5. The zero-order valence-corrected chi connectivity index (χ0v) is 15.8. The number of benzene rings is 1. The van der Waals surface area contributed by atoms with Crippen LogP contribution in [-0.4, -0.2) is 56.0 Å². The molecule has 7 heteroatoms. The Bertz CT molecular complexity index is 616. The van der Waals surface area contributed by atoms with Gasteiger partial charge in [-0.1, -0.05) is 12.1 Å². The fraction of sp³-hybridized carbons (Fsp3) is 0.500. The summed E-state index contributed by atoms with van der Waals surface area (Å²) >= 11 is 0. The van der Waals surface area contributed by atoms with Crippen LogP contribution in [0.15, 0.2) is 29.3 Å². The zero-order chi connectivity index (χ0) is 19.0. The molecule has 0 spiro atoms. The topological polar surface area (TPSA) is 83.0 Å². The van der Waals surface area contributed by atoms with Crippen molar-refractivity contribution in [2.45, 2.75) is 32.9 Å². The van der Waals surface area contributed by atoms with Gasteiger partial charge in [0, 0.05) is 33.3 Å². The zero-order valence-electron chi connectivity index (χ0n) is 15.8. The lowest BCUT2D eigenvalue weighted by atomic mass is 10.1. The van der Waals surface area contributed by atoms with Gasteiger partial charge in [0.15, 0.2) is 5.96 Å². The molecule has 2 N–H and O–H groups in total. The van der Waals surface area contributed by atoms with Crippen LogP contribution in [0.5, 0.6) is 0 Å². The number of carbonyl (C=O) groups excluding carboxylic acids is 2. The maximum absolute atomic E-state index is 11.9. The molecule has 0 aromatic heterocycles. The van der Waals surface area contributed by atoms with E-state index in [-0.39, 0.29) is 18.4 Å². The number of aliphatic imine (C=N–C) groups is 1. The van der Waals surface area contributed by atoms with Gasteiger partial charge >= 0.3 is 5.97 Å². The van der Waals surface area contributed by atoms with Gasteiger partial charge in [-0.15, -0.1) is 0 Å². The lowest BCUT2D eigenvalue weighted by Crippen LogP contribution is -2.41. The molecule has 0 atom stereocenters. The van der Waals surface area contributed by atoms with Crippen LogP contribution in [0.25, 0.3) is 0 Å². The summed E-state index contributed by atoms with van der Waals surface area (Å²) in [6, 6.07) is 7.34. The SMILES string of the molecule is CN=C(NCC(=O)OC(C)(C)C)NCc1ccc(C(=O)N(C)C)cc1. The van der Waals surface area contributed by atoms with E-state index < -0.39 is 5.60 Å². The molecular formula is C18H28N4O3. The highest BCUT2D eigenvalue weighted by Crippen LogP contribution is 2.07. The second kappa shape index (κ2) is 9.05. The number of nitrogens with zero attached hydrogens (tertiary/aromatic N) is 2. The van der Waals surface area contributed by atoms with Gasteiger partial charge in [0.25, 0.3) is 5.91 Å². The van der Waals surface area contributed by atoms with E-state index in [4.69, 9.17) is 4.74 Å². The number of hydrogen-bond acceptors (Lipinski definition) is 4. The molecule has 1 rings (SSSR count). The lowest BCUT2D eigenvalue weighted by molar-refractivity contribution is -0.153. The lowest BCUT2D eigenvalue weighted by Gasteiger charge is -2.20. The number of ether oxygens (including phenoxy) is 1. The Morgan fingerprint density at radius 3 is 2.20 bits per heavy atom. The van der Waals surface area contributed by atoms with Gasteiger partial charge in [0.1, 0.15) is 12.1 Å². The highest BCUT2D eigenvalue weighted by molar-refractivity contribution is 5.93. The van der Waals surface area contributed by atoms with E-state index in [1.807, 2.05) is 32.9 Å². The summed E-state index contributed by atoms with van der Waals surface area (Å²) < 4.78 is 5.23. The van der Waals surface area contributed by atoms with Crippen molar-refractivity contribution in [2.75, 3.05) is 27.7 Å². The summed E-state index contributed by atoms with van der Waals surface area (Å²) in [5.41, 5.74) is 1.12. The molecule has 1 aromatic carbocycles. The van der Waals surface area contributed by atoms with Crippen LogP contribution in [0.3, 0.4) is 0 Å². The van der Waals surface area contributed by atoms with E-state index in [2.05, 4.69) is 15.6 Å². The standard InChI is InChI=1S/C18H28N4O3/c1-18(2,3)25-15(23)12-21-17(19-4)20-11-13-7-9-14(10-8-13)16(24)22(5)6/h7-10H,11-12H2,1-6H3,(H2,19,20,21). The second-order valence-corrected chi connectivity index (χ2v) is 6.76. The van der Waals surface area contributed by atoms with Crippen LogP contribution < -0.4 is 10.6 Å². The van der Waals surface area contributed by atoms with Gasteiger partial charge in [-0.05, 0) is 38.5 Å². The van der Waals surface area contributed by atoms with Crippen molar-refractivity contribution >= 4 is 17.8 Å². The minimum atomic E-state index is -0.512. The Labute approximate surface area is 149 Å². The Morgan fingerprint density at radius 2 is 1.72 bits per heavy atom. The molecule has 1 amide bonds. The van der Waals surface area contributed by atoms with Crippen LogP contribution in [0.4, 0.5) is 0 Å². The molecule has 25 heavy (non-hydrogen) atoms. The van der Waals surface area contributed by atoms with Crippen molar-refractivity contribution in [3.05, 3.63) is 35.4 Å². The van der Waals surface area contributed by atoms with Gasteiger partial charge < -0.3 is 20.3 Å². The van der Waals surface area contributed by atoms with Crippen molar-refractivity contribution in [1.29, 1.82) is 0 Å². The minimum Gasteiger partial charge on any atom is -0.459 e. The Balaban J connectivity index is 2.50. The number of rotatable bonds is 5. The largest absolute Gasteiger partial charge is 0.459 e. The third-order valence-corrected chi connectivity index (χ3v) is 3.11. The van der Waals surface area contributed by atoms with Gasteiger partial charge in [-0.3, -0.25) is 14.6 Å². The smallest absolute Gasteiger partial charge is 0.325 e. The van der Waals surface area contributed by atoms with Crippen LogP contribution in [0.2, 0.25) is 0 Å². The molecule has 7 nitrogen and oxygen atoms in total. The van der Waals surface area contributed by atoms with E-state index >= 15 is 0 Å². The van der Waals surface area contributed by atoms with Crippen LogP contribution in [0, 0.1) is 0 Å². The third-order valence-electron chi connectivity index (χ3n) is 3.11. The van der Waals surface area contributed by atoms with Crippen molar-refractivity contribution in [3.63, 3.8) is 0 Å². The number of esters is 1. The number of nitrogens with one attached hydrogen (secondary N) is 2. The molecule has 0 bridgehead atoms. The number of hydrogen-bond donors (Lipinski definition) is 2. The Hall–Kier alpha value is -2.57. The summed E-state index contributed by atoms with van der Waals surface area (Å²) in [5.74, 6) is 0.121. The summed E-state index contributed by atoms with van der Waals surface area (Å²) in [6.45, 7) is 6.02. The van der Waals surface area contributed by atoms with Crippen molar-refractivity contribution in [3.8, 4) is 0 Å². The van der Waals surface area contributed by atoms with Crippen LogP contribution in [-0.2, 0) is 16.1 Å². The van der Waals surface area contributed by atoms with E-state index in [0.29, 0.717) is 18.1 Å². The minimum absolute atomic E-state index is 0.0330. The molecule has 0 aliphatic heterocycles. The maximum atomic E-state index is 11.9. The van der Waals surface area contributed by atoms with Crippen molar-refractivity contribution in [2.24, 2.45) is 4.99 Å². The molecule has 0 saturated heterocycles.